The number of nitrogens with two attached hydrogens (primary N) is 2. The van der Waals surface area contributed by atoms with Gasteiger partial charge in [0.2, 0.25) is 0 Å². The van der Waals surface area contributed by atoms with Crippen LogP contribution >= 0.6 is 0 Å². The van der Waals surface area contributed by atoms with Gasteiger partial charge < -0.3 is 16.2 Å². The minimum Gasteiger partial charge on any atom is -0.434 e. The fourth-order valence-electron chi connectivity index (χ4n) is 3.30. The number of aliphatic imine (C=N–C) groups is 2. The standard InChI is InChI=1S/C16H15F5N4O.C10H22.C2H6/c1-8(22)6-11-14(24-5-4-13(23)25-11)10-3-2-9(16(19,20)21)7-12(10)26-15(17)18;1-4-6-7-8-9-10(3)5-2;1-2/h2-4,6-7,15H,5,22-23H2,1H3;10H,4-9H2,1-3H3;1-2H3/b8-6-;;. The summed E-state index contributed by atoms with van der Waals surface area (Å²) in [5.41, 5.74) is 10.6. The number of hydrogen-bond acceptors (Lipinski definition) is 5. The van der Waals surface area contributed by atoms with Gasteiger partial charge in [0.15, 0.2) is 0 Å². The van der Waals surface area contributed by atoms with Crippen LogP contribution in [0.3, 0.4) is 0 Å². The highest BCUT2D eigenvalue weighted by Gasteiger charge is 2.32. The first-order valence-corrected chi connectivity index (χ1v) is 13.1. The van der Waals surface area contributed by atoms with Crippen molar-refractivity contribution in [2.24, 2.45) is 27.4 Å². The van der Waals surface area contributed by atoms with Crippen LogP contribution in [0, 0.1) is 5.92 Å². The van der Waals surface area contributed by atoms with E-state index < -0.39 is 24.1 Å². The van der Waals surface area contributed by atoms with E-state index in [0.717, 1.165) is 18.1 Å². The van der Waals surface area contributed by atoms with Gasteiger partial charge in [-0.3, -0.25) is 4.99 Å². The molecule has 1 aliphatic rings. The predicted molar refractivity (Wildman–Crippen MR) is 147 cm³/mol. The number of halogens is 5. The number of allylic oxidation sites excluding steroid dienone is 2. The Bertz CT molecular complexity index is 949. The van der Waals surface area contributed by atoms with Gasteiger partial charge in [-0.2, -0.15) is 22.0 Å². The molecule has 2 rings (SSSR count). The third-order valence-electron chi connectivity index (χ3n) is 5.43. The maximum Gasteiger partial charge on any atom is 0.416 e. The van der Waals surface area contributed by atoms with E-state index in [-0.39, 0.29) is 29.4 Å². The van der Waals surface area contributed by atoms with Gasteiger partial charge in [-0.05, 0) is 43.2 Å². The SMILES string of the molecule is C/C(N)=C/C1=NC(N)=CCN=C1c1ccc(C(F)(F)F)cc1OC(F)F.CC.CCCCCCC(C)CC. The lowest BCUT2D eigenvalue weighted by molar-refractivity contribution is -0.138. The molecule has 0 saturated carbocycles. The summed E-state index contributed by atoms with van der Waals surface area (Å²) in [6, 6.07) is 2.23. The first-order valence-electron chi connectivity index (χ1n) is 13.1. The third-order valence-corrected chi connectivity index (χ3v) is 5.43. The molecule has 1 aliphatic heterocycles. The van der Waals surface area contributed by atoms with Gasteiger partial charge in [-0.15, -0.1) is 0 Å². The average molecular weight is 547 g/mol. The molecule has 5 nitrogen and oxygen atoms in total. The van der Waals surface area contributed by atoms with Crippen LogP contribution in [-0.4, -0.2) is 24.6 Å². The zero-order valence-electron chi connectivity index (χ0n) is 23.3. The van der Waals surface area contributed by atoms with Gasteiger partial charge in [0.05, 0.1) is 23.5 Å². The molecule has 38 heavy (non-hydrogen) atoms. The number of alkyl halides is 5. The highest BCUT2D eigenvalue weighted by molar-refractivity contribution is 6.52. The quantitative estimate of drug-likeness (QED) is 0.229. The number of rotatable bonds is 10. The molecule has 0 saturated heterocycles. The molecule has 216 valence electrons. The molecule has 0 spiro atoms. The molecule has 0 radical (unpaired) electrons. The smallest absolute Gasteiger partial charge is 0.416 e. The van der Waals surface area contributed by atoms with Crippen LogP contribution in [0.4, 0.5) is 22.0 Å². The van der Waals surface area contributed by atoms with Crippen molar-refractivity contribution in [3.05, 3.63) is 53.0 Å². The summed E-state index contributed by atoms with van der Waals surface area (Å²) in [4.78, 5) is 8.23. The molecule has 1 atom stereocenters. The molecule has 1 aromatic carbocycles. The Morgan fingerprint density at radius 3 is 2.32 bits per heavy atom. The summed E-state index contributed by atoms with van der Waals surface area (Å²) in [6.45, 7) is 9.19. The Kier molecular flexibility index (Phi) is 17.0. The summed E-state index contributed by atoms with van der Waals surface area (Å²) >= 11 is 0. The van der Waals surface area contributed by atoms with Crippen molar-refractivity contribution in [1.82, 2.24) is 0 Å². The first kappa shape index (κ1) is 35.1. The van der Waals surface area contributed by atoms with Crippen LogP contribution in [0.5, 0.6) is 5.75 Å². The summed E-state index contributed by atoms with van der Waals surface area (Å²) in [6.07, 6.45) is 6.60. The number of benzene rings is 1. The molecule has 1 aromatic rings. The summed E-state index contributed by atoms with van der Waals surface area (Å²) in [7, 11) is 0. The van der Waals surface area contributed by atoms with E-state index >= 15 is 0 Å². The van der Waals surface area contributed by atoms with Gasteiger partial charge in [0.1, 0.15) is 11.6 Å². The molecule has 1 heterocycles. The maximum atomic E-state index is 12.9. The molecule has 0 bridgehead atoms. The van der Waals surface area contributed by atoms with Gasteiger partial charge in [-0.1, -0.05) is 73.1 Å². The molecule has 0 aromatic heterocycles. The topological polar surface area (TPSA) is 86.0 Å². The number of hydrogen-bond donors (Lipinski definition) is 2. The first-order chi connectivity index (χ1) is 17.9. The lowest BCUT2D eigenvalue weighted by Gasteiger charge is -2.15. The number of nitrogens with zero attached hydrogens (tertiary/aromatic N) is 2. The van der Waals surface area contributed by atoms with Gasteiger partial charge in [-0.25, -0.2) is 4.99 Å². The lowest BCUT2D eigenvalue weighted by atomic mass is 10.0. The largest absolute Gasteiger partial charge is 0.434 e. The van der Waals surface area contributed by atoms with E-state index in [1.54, 1.807) is 6.92 Å². The highest BCUT2D eigenvalue weighted by atomic mass is 19.4. The van der Waals surface area contributed by atoms with Gasteiger partial charge in [0, 0.05) is 11.3 Å². The predicted octanol–water partition coefficient (Wildman–Crippen LogP) is 8.24. The van der Waals surface area contributed by atoms with Crippen molar-refractivity contribution in [3.8, 4) is 5.75 Å². The summed E-state index contributed by atoms with van der Waals surface area (Å²) < 4.78 is 68.4. The lowest BCUT2D eigenvalue weighted by Crippen LogP contribution is -2.19. The van der Waals surface area contributed by atoms with Gasteiger partial charge in [0.25, 0.3) is 0 Å². The second-order valence-corrected chi connectivity index (χ2v) is 8.65. The summed E-state index contributed by atoms with van der Waals surface area (Å²) in [5, 5.41) is 0. The zero-order valence-corrected chi connectivity index (χ0v) is 23.3. The minimum absolute atomic E-state index is 0.0378. The van der Waals surface area contributed by atoms with Crippen LogP contribution in [0.25, 0.3) is 0 Å². The van der Waals surface area contributed by atoms with E-state index in [1.807, 2.05) is 13.8 Å². The Hall–Kier alpha value is -2.91. The minimum atomic E-state index is -4.72. The Morgan fingerprint density at radius 2 is 1.79 bits per heavy atom. The maximum absolute atomic E-state index is 12.9. The number of unbranched alkanes of at least 4 members (excludes halogenated alkanes) is 3. The van der Waals surface area contributed by atoms with E-state index in [4.69, 9.17) is 11.5 Å². The van der Waals surface area contributed by atoms with E-state index in [9.17, 15) is 22.0 Å². The van der Waals surface area contributed by atoms with E-state index in [2.05, 4.69) is 35.5 Å². The van der Waals surface area contributed by atoms with Crippen molar-refractivity contribution in [2.75, 3.05) is 6.54 Å². The average Bonchev–Trinajstić information content (AvgIpc) is 3.02. The van der Waals surface area contributed by atoms with Crippen molar-refractivity contribution in [1.29, 1.82) is 0 Å². The van der Waals surface area contributed by atoms with Crippen LogP contribution < -0.4 is 16.2 Å². The van der Waals surface area contributed by atoms with E-state index in [0.29, 0.717) is 11.8 Å². The third kappa shape index (κ3) is 13.6. The second-order valence-electron chi connectivity index (χ2n) is 8.65. The fraction of sp³-hybridized carbons (Fsp3) is 0.571. The van der Waals surface area contributed by atoms with Crippen LogP contribution in [-0.2, 0) is 6.18 Å². The van der Waals surface area contributed by atoms with Crippen molar-refractivity contribution in [2.45, 2.75) is 92.9 Å². The second kappa shape index (κ2) is 18.4. The molecule has 0 fully saturated rings. The molecule has 0 aliphatic carbocycles. The van der Waals surface area contributed by atoms with Crippen molar-refractivity contribution in [3.63, 3.8) is 0 Å². The fourth-order valence-corrected chi connectivity index (χ4v) is 3.30. The van der Waals surface area contributed by atoms with E-state index in [1.165, 1.54) is 50.7 Å². The van der Waals surface area contributed by atoms with Crippen molar-refractivity contribution >= 4 is 11.4 Å². The molecule has 1 unspecified atom stereocenters. The molecular weight excluding hydrogens is 503 g/mol. The normalized spacial score (nSPS) is 14.6. The van der Waals surface area contributed by atoms with Crippen LogP contribution in [0.2, 0.25) is 0 Å². The monoisotopic (exact) mass is 546 g/mol. The molecule has 0 amide bonds. The number of ether oxygens (including phenoxy) is 1. The van der Waals surface area contributed by atoms with Crippen LogP contribution in [0.1, 0.15) is 91.2 Å². The Balaban J connectivity index is 0.000000962. The Morgan fingerprint density at radius 1 is 1.13 bits per heavy atom. The Labute approximate surface area is 223 Å². The summed E-state index contributed by atoms with van der Waals surface area (Å²) in [5.74, 6) is 0.390. The molecule has 10 heteroatoms. The van der Waals surface area contributed by atoms with Crippen molar-refractivity contribution < 1.29 is 26.7 Å². The van der Waals surface area contributed by atoms with Crippen LogP contribution in [0.15, 0.2) is 51.9 Å². The zero-order chi connectivity index (χ0) is 29.3. The highest BCUT2D eigenvalue weighted by Crippen LogP contribution is 2.34. The molecule has 4 N–H and O–H groups in total. The molecular formula is C28H43F5N4O. The van der Waals surface area contributed by atoms with Gasteiger partial charge >= 0.3 is 12.8 Å².